The molecule has 8 nitrogen and oxygen atoms in total. The molecule has 4 rings (SSSR count). The number of carbonyl (C=O) groups excluding carboxylic acids is 2. The summed E-state index contributed by atoms with van der Waals surface area (Å²) in [5.74, 6) is 0.631. The number of nitrogens with zero attached hydrogens (tertiary/aromatic N) is 4. The number of amides is 3. The average molecular weight is 425 g/mol. The maximum absolute atomic E-state index is 12.3. The normalized spacial score (nSPS) is 14.7. The summed E-state index contributed by atoms with van der Waals surface area (Å²) in [6, 6.07) is 7.28. The molecular formula is C21H24N6O2S. The van der Waals surface area contributed by atoms with Crippen LogP contribution in [-0.4, -0.2) is 59.5 Å². The fourth-order valence-electron chi connectivity index (χ4n) is 3.62. The van der Waals surface area contributed by atoms with Crippen molar-refractivity contribution >= 4 is 45.0 Å². The predicted octanol–water partition coefficient (Wildman–Crippen LogP) is 2.78. The number of imide groups is 1. The lowest BCUT2D eigenvalue weighted by atomic mass is 10.1. The van der Waals surface area contributed by atoms with E-state index in [0.29, 0.717) is 5.69 Å². The van der Waals surface area contributed by atoms with Crippen LogP contribution in [0.1, 0.15) is 11.1 Å². The van der Waals surface area contributed by atoms with Crippen LogP contribution in [0, 0.1) is 13.8 Å². The van der Waals surface area contributed by atoms with E-state index in [9.17, 15) is 9.59 Å². The largest absolute Gasteiger partial charge is 0.353 e. The van der Waals surface area contributed by atoms with E-state index >= 15 is 0 Å². The first kappa shape index (κ1) is 20.2. The number of aromatic nitrogens is 2. The topological polar surface area (TPSA) is 90.5 Å². The minimum atomic E-state index is -0.508. The molecule has 1 fully saturated rings. The highest BCUT2D eigenvalue weighted by molar-refractivity contribution is 7.16. The number of urea groups is 1. The third-order valence-electron chi connectivity index (χ3n) is 5.16. The van der Waals surface area contributed by atoms with Gasteiger partial charge in [-0.1, -0.05) is 17.7 Å². The van der Waals surface area contributed by atoms with E-state index in [2.05, 4.69) is 25.5 Å². The van der Waals surface area contributed by atoms with Gasteiger partial charge >= 0.3 is 6.03 Å². The molecule has 1 saturated heterocycles. The second kappa shape index (κ2) is 8.76. The summed E-state index contributed by atoms with van der Waals surface area (Å²) in [6.07, 6.45) is 1.60. The number of rotatable bonds is 4. The number of carbonyl (C=O) groups is 2. The van der Waals surface area contributed by atoms with Crippen molar-refractivity contribution in [3.63, 3.8) is 0 Å². The van der Waals surface area contributed by atoms with Crippen LogP contribution in [0.3, 0.4) is 0 Å². The Hall–Kier alpha value is -3.04. The summed E-state index contributed by atoms with van der Waals surface area (Å²) in [5, 5.41) is 8.24. The van der Waals surface area contributed by atoms with E-state index in [4.69, 9.17) is 0 Å². The molecule has 0 radical (unpaired) electrons. The predicted molar refractivity (Wildman–Crippen MR) is 119 cm³/mol. The van der Waals surface area contributed by atoms with Gasteiger partial charge in [0.05, 0.1) is 11.9 Å². The van der Waals surface area contributed by atoms with Crippen molar-refractivity contribution in [3.05, 3.63) is 47.1 Å². The zero-order chi connectivity index (χ0) is 21.1. The molecule has 9 heteroatoms. The zero-order valence-corrected chi connectivity index (χ0v) is 17.8. The molecule has 3 heterocycles. The molecule has 0 bridgehead atoms. The van der Waals surface area contributed by atoms with E-state index in [1.165, 1.54) is 0 Å². The number of thiophene rings is 1. The Kier molecular flexibility index (Phi) is 5.91. The summed E-state index contributed by atoms with van der Waals surface area (Å²) in [4.78, 5) is 38.4. The highest BCUT2D eigenvalue weighted by atomic mass is 32.1. The first-order valence-corrected chi connectivity index (χ1v) is 10.7. The third kappa shape index (κ3) is 4.58. The van der Waals surface area contributed by atoms with E-state index in [-0.39, 0.29) is 12.5 Å². The Morgan fingerprint density at radius 3 is 2.67 bits per heavy atom. The van der Waals surface area contributed by atoms with Crippen molar-refractivity contribution in [1.82, 2.24) is 20.2 Å². The molecule has 3 amide bonds. The van der Waals surface area contributed by atoms with Crippen molar-refractivity contribution in [2.45, 2.75) is 13.8 Å². The zero-order valence-electron chi connectivity index (χ0n) is 17.0. The van der Waals surface area contributed by atoms with Crippen molar-refractivity contribution in [2.24, 2.45) is 0 Å². The standard InChI is InChI=1S/C21H24N6O2S/c1-14-3-4-17(15(2)11-14)24-21(29)25-18(28)12-26-6-8-27(9-7-26)19-16-5-10-30-20(16)23-13-22-19/h3-5,10-11,13H,6-9,12H2,1-2H3,(H2,24,25,28,29). The molecule has 2 N–H and O–H groups in total. The second-order valence-electron chi connectivity index (χ2n) is 7.42. The van der Waals surface area contributed by atoms with E-state index in [0.717, 1.165) is 53.3 Å². The number of hydrogen-bond donors (Lipinski definition) is 2. The molecule has 1 aromatic carbocycles. The molecule has 1 aliphatic rings. The van der Waals surface area contributed by atoms with E-state index in [1.54, 1.807) is 17.7 Å². The van der Waals surface area contributed by atoms with Gasteiger partial charge in [0.2, 0.25) is 5.91 Å². The number of anilines is 2. The Morgan fingerprint density at radius 1 is 1.10 bits per heavy atom. The van der Waals surface area contributed by atoms with Crippen molar-refractivity contribution in [2.75, 3.05) is 42.9 Å². The molecule has 0 saturated carbocycles. The molecule has 156 valence electrons. The Bertz CT molecular complexity index is 1070. The van der Waals surface area contributed by atoms with Crippen LogP contribution in [0.4, 0.5) is 16.3 Å². The Labute approximate surface area is 178 Å². The van der Waals surface area contributed by atoms with Gasteiger partial charge in [-0.15, -0.1) is 11.3 Å². The molecule has 3 aromatic rings. The smallest absolute Gasteiger partial charge is 0.325 e. The van der Waals surface area contributed by atoms with Gasteiger partial charge in [0.15, 0.2) is 0 Å². The summed E-state index contributed by atoms with van der Waals surface area (Å²) >= 11 is 1.60. The highest BCUT2D eigenvalue weighted by Crippen LogP contribution is 2.27. The van der Waals surface area contributed by atoms with Gasteiger partial charge in [-0.25, -0.2) is 14.8 Å². The van der Waals surface area contributed by atoms with Gasteiger partial charge in [0.25, 0.3) is 0 Å². The van der Waals surface area contributed by atoms with Gasteiger partial charge < -0.3 is 10.2 Å². The molecule has 0 spiro atoms. The monoisotopic (exact) mass is 424 g/mol. The molecule has 1 aliphatic heterocycles. The lowest BCUT2D eigenvalue weighted by Crippen LogP contribution is -2.50. The third-order valence-corrected chi connectivity index (χ3v) is 5.98. The van der Waals surface area contributed by atoms with Gasteiger partial charge in [-0.2, -0.15) is 0 Å². The Morgan fingerprint density at radius 2 is 1.90 bits per heavy atom. The van der Waals surface area contributed by atoms with Gasteiger partial charge in [0.1, 0.15) is 17.0 Å². The van der Waals surface area contributed by atoms with Crippen LogP contribution < -0.4 is 15.5 Å². The minimum Gasteiger partial charge on any atom is -0.353 e. The molecule has 0 atom stereocenters. The fourth-order valence-corrected chi connectivity index (χ4v) is 4.35. The number of piperazine rings is 1. The van der Waals surface area contributed by atoms with Gasteiger partial charge in [-0.05, 0) is 36.9 Å². The van der Waals surface area contributed by atoms with Crippen molar-refractivity contribution < 1.29 is 9.59 Å². The second-order valence-corrected chi connectivity index (χ2v) is 8.32. The highest BCUT2D eigenvalue weighted by Gasteiger charge is 2.22. The fraction of sp³-hybridized carbons (Fsp3) is 0.333. The first-order valence-electron chi connectivity index (χ1n) is 9.83. The minimum absolute atomic E-state index is 0.186. The molecule has 0 aliphatic carbocycles. The molecular weight excluding hydrogens is 400 g/mol. The van der Waals surface area contributed by atoms with Crippen LogP contribution in [0.25, 0.3) is 10.2 Å². The maximum atomic E-state index is 12.3. The Balaban J connectivity index is 1.27. The van der Waals surface area contributed by atoms with Gasteiger partial charge in [0, 0.05) is 31.9 Å². The number of fused-ring (bicyclic) bond motifs is 1. The summed E-state index contributed by atoms with van der Waals surface area (Å²) < 4.78 is 0. The lowest BCUT2D eigenvalue weighted by molar-refractivity contribution is -0.121. The number of benzene rings is 1. The van der Waals surface area contributed by atoms with Crippen molar-refractivity contribution in [3.8, 4) is 0 Å². The number of nitrogens with one attached hydrogen (secondary N) is 2. The quantitative estimate of drug-likeness (QED) is 0.669. The first-order chi connectivity index (χ1) is 14.5. The van der Waals surface area contributed by atoms with Crippen molar-refractivity contribution in [1.29, 1.82) is 0 Å². The van der Waals surface area contributed by atoms with Crippen LogP contribution in [-0.2, 0) is 4.79 Å². The number of aryl methyl sites for hydroxylation is 2. The van der Waals surface area contributed by atoms with E-state index < -0.39 is 6.03 Å². The van der Waals surface area contributed by atoms with Crippen LogP contribution in [0.15, 0.2) is 36.0 Å². The summed E-state index contributed by atoms with van der Waals surface area (Å²) in [5.41, 5.74) is 2.78. The molecule has 0 unspecified atom stereocenters. The lowest BCUT2D eigenvalue weighted by Gasteiger charge is -2.35. The van der Waals surface area contributed by atoms with Gasteiger partial charge in [-0.3, -0.25) is 15.0 Å². The van der Waals surface area contributed by atoms with E-state index in [1.807, 2.05) is 48.4 Å². The summed E-state index contributed by atoms with van der Waals surface area (Å²) in [7, 11) is 0. The van der Waals surface area contributed by atoms with Crippen LogP contribution in [0.2, 0.25) is 0 Å². The van der Waals surface area contributed by atoms with Crippen LogP contribution >= 0.6 is 11.3 Å². The average Bonchev–Trinajstić information content (AvgIpc) is 3.19. The molecule has 30 heavy (non-hydrogen) atoms. The molecule has 2 aromatic heterocycles. The van der Waals surface area contributed by atoms with Crippen LogP contribution in [0.5, 0.6) is 0 Å². The maximum Gasteiger partial charge on any atom is 0.325 e. The summed E-state index contributed by atoms with van der Waals surface area (Å²) in [6.45, 7) is 7.09. The SMILES string of the molecule is Cc1ccc(NC(=O)NC(=O)CN2CCN(c3ncnc4sccc34)CC2)c(C)c1. The number of hydrogen-bond acceptors (Lipinski definition) is 7.